The lowest BCUT2D eigenvalue weighted by atomic mass is 10.1. The van der Waals surface area contributed by atoms with E-state index in [1.165, 1.54) is 19.3 Å². The van der Waals surface area contributed by atoms with E-state index in [0.717, 1.165) is 5.92 Å². The van der Waals surface area contributed by atoms with Crippen molar-refractivity contribution in [1.82, 2.24) is 10.2 Å². The average molecular weight is 284 g/mol. The predicted octanol–water partition coefficient (Wildman–Crippen LogP) is 1.31. The molecule has 20 heavy (non-hydrogen) atoms. The quantitative estimate of drug-likeness (QED) is 0.816. The fourth-order valence-corrected chi connectivity index (χ4v) is 3.14. The number of morpholine rings is 1. The number of hydrogen-bond acceptors (Lipinski definition) is 3. The van der Waals surface area contributed by atoms with Crippen molar-refractivity contribution in [3.8, 4) is 0 Å². The number of urea groups is 1. The number of carbonyl (C=O) groups excluding carboxylic acids is 1. The first-order valence-corrected chi connectivity index (χ1v) is 7.40. The van der Waals surface area contributed by atoms with Gasteiger partial charge in [-0.3, -0.25) is 4.79 Å². The van der Waals surface area contributed by atoms with Crippen molar-refractivity contribution in [2.75, 3.05) is 26.3 Å². The molecule has 2 N–H and O–H groups in total. The first-order valence-electron chi connectivity index (χ1n) is 7.40. The van der Waals surface area contributed by atoms with Crippen LogP contribution in [0.3, 0.4) is 0 Å². The molecule has 2 amide bonds. The van der Waals surface area contributed by atoms with E-state index in [0.29, 0.717) is 32.2 Å². The molecule has 0 spiro atoms. The van der Waals surface area contributed by atoms with Crippen LogP contribution in [0, 0.1) is 11.8 Å². The lowest BCUT2D eigenvalue weighted by molar-refractivity contribution is -0.139. The Hall–Kier alpha value is -1.30. The monoisotopic (exact) mass is 284 g/mol. The number of carboxylic acid groups (broad SMARTS) is 1. The van der Waals surface area contributed by atoms with Crippen molar-refractivity contribution in [2.24, 2.45) is 11.8 Å². The Morgan fingerprint density at radius 3 is 2.85 bits per heavy atom. The molecule has 1 saturated heterocycles. The highest BCUT2D eigenvalue weighted by atomic mass is 16.5. The van der Waals surface area contributed by atoms with Crippen molar-refractivity contribution in [1.29, 1.82) is 0 Å². The summed E-state index contributed by atoms with van der Waals surface area (Å²) < 4.78 is 5.27. The molecular formula is C14H24N2O4. The molecule has 0 bridgehead atoms. The number of aliphatic carboxylic acids is 1. The van der Waals surface area contributed by atoms with Gasteiger partial charge in [0.15, 0.2) is 0 Å². The van der Waals surface area contributed by atoms with E-state index in [1.807, 2.05) is 0 Å². The number of amides is 2. The molecule has 3 unspecified atom stereocenters. The van der Waals surface area contributed by atoms with Gasteiger partial charge in [0.2, 0.25) is 0 Å². The maximum Gasteiger partial charge on any atom is 0.317 e. The molecule has 3 atom stereocenters. The highest BCUT2D eigenvalue weighted by Gasteiger charge is 2.30. The summed E-state index contributed by atoms with van der Waals surface area (Å²) in [5.41, 5.74) is 0. The maximum absolute atomic E-state index is 12.2. The van der Waals surface area contributed by atoms with Crippen LogP contribution in [0.2, 0.25) is 0 Å². The lowest BCUT2D eigenvalue weighted by Gasteiger charge is -2.35. The van der Waals surface area contributed by atoms with Crippen LogP contribution >= 0.6 is 0 Å². The number of carboxylic acids is 1. The summed E-state index contributed by atoms with van der Waals surface area (Å²) in [6, 6.07) is -0.511. The third kappa shape index (κ3) is 4.10. The summed E-state index contributed by atoms with van der Waals surface area (Å²) in [7, 11) is 0. The average Bonchev–Trinajstić information content (AvgIpc) is 2.82. The standard InChI is InChI=1S/C14H24N2O4/c1-10-2-3-11(6-10)8-15-14(19)16-4-5-20-9-12(16)7-13(17)18/h10-12H,2-9H2,1H3,(H,15,19)(H,17,18). The third-order valence-corrected chi connectivity index (χ3v) is 4.24. The Morgan fingerprint density at radius 2 is 2.20 bits per heavy atom. The Kier molecular flexibility index (Phi) is 5.23. The van der Waals surface area contributed by atoms with Gasteiger partial charge in [0.05, 0.1) is 25.7 Å². The van der Waals surface area contributed by atoms with Crippen molar-refractivity contribution in [2.45, 2.75) is 38.6 Å². The fourth-order valence-electron chi connectivity index (χ4n) is 3.14. The van der Waals surface area contributed by atoms with Gasteiger partial charge in [0, 0.05) is 13.1 Å². The summed E-state index contributed by atoms with van der Waals surface area (Å²) in [6.07, 6.45) is 3.51. The molecule has 114 valence electrons. The van der Waals surface area contributed by atoms with Crippen molar-refractivity contribution >= 4 is 12.0 Å². The van der Waals surface area contributed by atoms with Gasteiger partial charge in [-0.15, -0.1) is 0 Å². The highest BCUT2D eigenvalue weighted by molar-refractivity contribution is 5.76. The summed E-state index contributed by atoms with van der Waals surface area (Å²) in [6.45, 7) is 4.18. The van der Waals surface area contributed by atoms with Gasteiger partial charge in [-0.25, -0.2) is 4.79 Å². The molecule has 6 nitrogen and oxygen atoms in total. The summed E-state index contributed by atoms with van der Waals surface area (Å²) in [5, 5.41) is 11.8. The Morgan fingerprint density at radius 1 is 1.40 bits per heavy atom. The van der Waals surface area contributed by atoms with E-state index in [1.54, 1.807) is 4.90 Å². The molecule has 2 aliphatic rings. The van der Waals surface area contributed by atoms with Crippen molar-refractivity contribution < 1.29 is 19.4 Å². The number of nitrogens with one attached hydrogen (secondary N) is 1. The van der Waals surface area contributed by atoms with E-state index < -0.39 is 5.97 Å². The predicted molar refractivity (Wildman–Crippen MR) is 73.5 cm³/mol. The van der Waals surface area contributed by atoms with Crippen molar-refractivity contribution in [3.63, 3.8) is 0 Å². The minimum atomic E-state index is -0.900. The fraction of sp³-hybridized carbons (Fsp3) is 0.857. The van der Waals surface area contributed by atoms with E-state index >= 15 is 0 Å². The van der Waals surface area contributed by atoms with E-state index in [9.17, 15) is 9.59 Å². The van der Waals surface area contributed by atoms with Crippen molar-refractivity contribution in [3.05, 3.63) is 0 Å². The minimum Gasteiger partial charge on any atom is -0.481 e. The first kappa shape index (κ1) is 15.1. The molecule has 0 aromatic heterocycles. The summed E-state index contributed by atoms with van der Waals surface area (Å²) >= 11 is 0. The molecule has 2 rings (SSSR count). The van der Waals surface area contributed by atoms with E-state index in [4.69, 9.17) is 9.84 Å². The number of nitrogens with zero attached hydrogens (tertiary/aromatic N) is 1. The molecule has 0 aromatic carbocycles. The van der Waals surface area contributed by atoms with Gasteiger partial charge in [-0.1, -0.05) is 13.3 Å². The Labute approximate surface area is 119 Å². The van der Waals surface area contributed by atoms with Crippen LogP contribution in [-0.4, -0.2) is 54.4 Å². The van der Waals surface area contributed by atoms with Gasteiger partial charge in [-0.05, 0) is 24.7 Å². The van der Waals surface area contributed by atoms with Gasteiger partial charge >= 0.3 is 12.0 Å². The largest absolute Gasteiger partial charge is 0.481 e. The second-order valence-corrected chi connectivity index (χ2v) is 5.99. The van der Waals surface area contributed by atoms with Crippen LogP contribution in [-0.2, 0) is 9.53 Å². The molecule has 1 aliphatic carbocycles. The van der Waals surface area contributed by atoms with Gasteiger partial charge in [-0.2, -0.15) is 0 Å². The van der Waals surface area contributed by atoms with Crippen LogP contribution in [0.25, 0.3) is 0 Å². The van der Waals surface area contributed by atoms with Crippen LogP contribution in [0.4, 0.5) is 4.79 Å². The zero-order valence-electron chi connectivity index (χ0n) is 12.0. The maximum atomic E-state index is 12.2. The molecule has 0 aromatic rings. The minimum absolute atomic E-state index is 0.0616. The molecule has 1 aliphatic heterocycles. The zero-order valence-corrected chi connectivity index (χ0v) is 12.0. The SMILES string of the molecule is CC1CCC(CNC(=O)N2CCOCC2CC(=O)O)C1. The topological polar surface area (TPSA) is 78.9 Å². The van der Waals surface area contributed by atoms with Gasteiger partial charge < -0.3 is 20.1 Å². The molecule has 1 heterocycles. The number of carbonyl (C=O) groups is 2. The zero-order chi connectivity index (χ0) is 14.5. The van der Waals surface area contributed by atoms with Crippen LogP contribution in [0.1, 0.15) is 32.6 Å². The summed E-state index contributed by atoms with van der Waals surface area (Å²) in [4.78, 5) is 24.6. The van der Waals surface area contributed by atoms with E-state index in [-0.39, 0.29) is 18.5 Å². The van der Waals surface area contributed by atoms with Crippen LogP contribution < -0.4 is 5.32 Å². The molecule has 0 radical (unpaired) electrons. The smallest absolute Gasteiger partial charge is 0.317 e. The molecule has 2 fully saturated rings. The third-order valence-electron chi connectivity index (χ3n) is 4.24. The second-order valence-electron chi connectivity index (χ2n) is 5.99. The summed E-state index contributed by atoms with van der Waals surface area (Å²) in [5.74, 6) is 0.413. The van der Waals surface area contributed by atoms with Gasteiger partial charge in [0.25, 0.3) is 0 Å². The highest BCUT2D eigenvalue weighted by Crippen LogP contribution is 2.29. The first-order chi connectivity index (χ1) is 9.56. The number of ether oxygens (including phenoxy) is 1. The van der Waals surface area contributed by atoms with E-state index in [2.05, 4.69) is 12.2 Å². The number of rotatable bonds is 4. The normalized spacial score (nSPS) is 30.2. The molecule has 1 saturated carbocycles. The van der Waals surface area contributed by atoms with Crippen LogP contribution in [0.5, 0.6) is 0 Å². The Balaban J connectivity index is 1.81. The van der Waals surface area contributed by atoms with Gasteiger partial charge in [0.1, 0.15) is 0 Å². The lowest BCUT2D eigenvalue weighted by Crippen LogP contribution is -2.53. The molecular weight excluding hydrogens is 260 g/mol. The second kappa shape index (κ2) is 6.92. The number of hydrogen-bond donors (Lipinski definition) is 2. The Bertz CT molecular complexity index is 361. The van der Waals surface area contributed by atoms with Crippen LogP contribution in [0.15, 0.2) is 0 Å². The molecule has 6 heteroatoms.